The van der Waals surface area contributed by atoms with Gasteiger partial charge in [0, 0.05) is 6.42 Å². The third-order valence-corrected chi connectivity index (χ3v) is 3.07. The number of carbonyl (C=O) groups is 2. The molecule has 3 amide bonds. The number of ether oxygens (including phenoxy) is 2. The van der Waals surface area contributed by atoms with E-state index in [4.69, 9.17) is 15.2 Å². The van der Waals surface area contributed by atoms with Crippen molar-refractivity contribution in [2.24, 2.45) is 5.73 Å². The first-order chi connectivity index (χ1) is 10.1. The number of nitrogens with two attached hydrogens (primary N) is 1. The van der Waals surface area contributed by atoms with Crippen molar-refractivity contribution in [3.63, 3.8) is 0 Å². The predicted molar refractivity (Wildman–Crippen MR) is 76.2 cm³/mol. The molecule has 1 atom stereocenters. The van der Waals surface area contributed by atoms with Crippen molar-refractivity contribution >= 4 is 11.9 Å². The molecule has 21 heavy (non-hydrogen) atoms. The number of urea groups is 1. The number of benzene rings is 1. The van der Waals surface area contributed by atoms with E-state index in [-0.39, 0.29) is 18.5 Å². The highest BCUT2D eigenvalue weighted by Gasteiger charge is 2.15. The molecule has 1 aromatic rings. The van der Waals surface area contributed by atoms with Crippen LogP contribution in [0.5, 0.6) is 11.5 Å². The molecule has 0 saturated heterocycles. The molecule has 114 valence electrons. The number of hydrogen-bond donors (Lipinski definition) is 3. The van der Waals surface area contributed by atoms with E-state index in [1.165, 1.54) is 0 Å². The van der Waals surface area contributed by atoms with Crippen molar-refractivity contribution < 1.29 is 19.1 Å². The molecule has 0 saturated carbocycles. The lowest BCUT2D eigenvalue weighted by atomic mass is 10.1. The third-order valence-electron chi connectivity index (χ3n) is 3.07. The summed E-state index contributed by atoms with van der Waals surface area (Å²) in [5.74, 6) is 1.08. The van der Waals surface area contributed by atoms with Crippen LogP contribution < -0.4 is 25.8 Å². The van der Waals surface area contributed by atoms with Gasteiger partial charge in [0.1, 0.15) is 0 Å². The van der Waals surface area contributed by atoms with Crippen LogP contribution in [0.3, 0.4) is 0 Å². The second-order valence-electron chi connectivity index (χ2n) is 4.76. The maximum Gasteiger partial charge on any atom is 0.312 e. The molecule has 0 unspecified atom stereocenters. The van der Waals surface area contributed by atoms with Gasteiger partial charge in [0.25, 0.3) is 0 Å². The van der Waals surface area contributed by atoms with E-state index in [0.717, 1.165) is 12.0 Å². The van der Waals surface area contributed by atoms with Gasteiger partial charge in [-0.05, 0) is 24.6 Å². The van der Waals surface area contributed by atoms with Gasteiger partial charge in [-0.3, -0.25) is 4.79 Å². The summed E-state index contributed by atoms with van der Waals surface area (Å²) in [5, 5.41) is 5.01. The van der Waals surface area contributed by atoms with Gasteiger partial charge < -0.3 is 25.8 Å². The average molecular weight is 293 g/mol. The van der Waals surface area contributed by atoms with Crippen LogP contribution >= 0.6 is 0 Å². The summed E-state index contributed by atoms with van der Waals surface area (Å²) >= 11 is 0. The molecule has 0 radical (unpaired) electrons. The van der Waals surface area contributed by atoms with Crippen molar-refractivity contribution in [1.29, 1.82) is 0 Å². The number of rotatable bonds is 4. The van der Waals surface area contributed by atoms with E-state index in [1.807, 2.05) is 25.1 Å². The minimum atomic E-state index is -0.728. The SMILES string of the molecule is C[C@@H](NC(=O)CNC(N)=O)c1ccc2c(c1)OCCCO2. The minimum absolute atomic E-state index is 0.149. The lowest BCUT2D eigenvalue weighted by molar-refractivity contribution is -0.120. The van der Waals surface area contributed by atoms with Crippen LogP contribution in [0.15, 0.2) is 18.2 Å². The van der Waals surface area contributed by atoms with E-state index < -0.39 is 6.03 Å². The first-order valence-electron chi connectivity index (χ1n) is 6.78. The van der Waals surface area contributed by atoms with Crippen LogP contribution in [0.25, 0.3) is 0 Å². The van der Waals surface area contributed by atoms with Gasteiger partial charge in [-0.1, -0.05) is 6.07 Å². The summed E-state index contributed by atoms with van der Waals surface area (Å²) in [6.07, 6.45) is 0.842. The van der Waals surface area contributed by atoms with E-state index >= 15 is 0 Å². The zero-order valence-corrected chi connectivity index (χ0v) is 11.8. The van der Waals surface area contributed by atoms with Gasteiger partial charge >= 0.3 is 6.03 Å². The monoisotopic (exact) mass is 293 g/mol. The fourth-order valence-electron chi connectivity index (χ4n) is 1.99. The van der Waals surface area contributed by atoms with E-state index in [9.17, 15) is 9.59 Å². The first kappa shape index (κ1) is 15.0. The first-order valence-corrected chi connectivity index (χ1v) is 6.78. The summed E-state index contributed by atoms with van der Waals surface area (Å²) in [4.78, 5) is 22.2. The van der Waals surface area contributed by atoms with Crippen LogP contribution in [-0.4, -0.2) is 31.7 Å². The summed E-state index contributed by atoms with van der Waals surface area (Å²) in [7, 11) is 0. The van der Waals surface area contributed by atoms with Crippen molar-refractivity contribution in [3.8, 4) is 11.5 Å². The van der Waals surface area contributed by atoms with Gasteiger partial charge in [0.05, 0.1) is 25.8 Å². The Morgan fingerprint density at radius 3 is 2.71 bits per heavy atom. The van der Waals surface area contributed by atoms with Crippen molar-refractivity contribution in [2.75, 3.05) is 19.8 Å². The van der Waals surface area contributed by atoms with Crippen LogP contribution in [0, 0.1) is 0 Å². The zero-order chi connectivity index (χ0) is 15.2. The fraction of sp³-hybridized carbons (Fsp3) is 0.429. The highest BCUT2D eigenvalue weighted by atomic mass is 16.5. The third kappa shape index (κ3) is 4.27. The molecule has 0 aromatic heterocycles. The Morgan fingerprint density at radius 1 is 1.29 bits per heavy atom. The molecule has 2 rings (SSSR count). The van der Waals surface area contributed by atoms with Gasteiger partial charge in [0.2, 0.25) is 5.91 Å². The van der Waals surface area contributed by atoms with E-state index in [1.54, 1.807) is 0 Å². The molecule has 7 nitrogen and oxygen atoms in total. The Labute approximate surface area is 122 Å². The summed E-state index contributed by atoms with van der Waals surface area (Å²) < 4.78 is 11.2. The molecule has 0 spiro atoms. The number of fused-ring (bicyclic) bond motifs is 1. The second-order valence-corrected chi connectivity index (χ2v) is 4.76. The molecular weight excluding hydrogens is 274 g/mol. The topological polar surface area (TPSA) is 103 Å². The molecular formula is C14H19N3O4. The van der Waals surface area contributed by atoms with Gasteiger partial charge in [-0.2, -0.15) is 0 Å². The minimum Gasteiger partial charge on any atom is -0.490 e. The smallest absolute Gasteiger partial charge is 0.312 e. The largest absolute Gasteiger partial charge is 0.490 e. The summed E-state index contributed by atoms with van der Waals surface area (Å²) in [6.45, 7) is 2.95. The molecule has 0 fully saturated rings. The second kappa shape index (κ2) is 6.83. The Kier molecular flexibility index (Phi) is 4.86. The molecule has 1 aromatic carbocycles. The normalized spacial score (nSPS) is 14.7. The van der Waals surface area contributed by atoms with Crippen LogP contribution in [0.2, 0.25) is 0 Å². The Hall–Kier alpha value is -2.44. The van der Waals surface area contributed by atoms with Gasteiger partial charge in [0.15, 0.2) is 11.5 Å². The fourth-order valence-corrected chi connectivity index (χ4v) is 1.99. The quantitative estimate of drug-likeness (QED) is 0.760. The van der Waals surface area contributed by atoms with Crippen LogP contribution in [0.4, 0.5) is 4.79 Å². The van der Waals surface area contributed by atoms with Crippen molar-refractivity contribution in [2.45, 2.75) is 19.4 Å². The zero-order valence-electron chi connectivity index (χ0n) is 11.8. The van der Waals surface area contributed by atoms with Crippen LogP contribution in [-0.2, 0) is 4.79 Å². The number of amides is 3. The molecule has 1 aliphatic heterocycles. The molecule has 0 bridgehead atoms. The standard InChI is InChI=1S/C14H19N3O4/c1-9(17-13(18)8-16-14(15)19)10-3-4-11-12(7-10)21-6-2-5-20-11/h3-4,7,9H,2,5-6,8H2,1H3,(H,17,18)(H3,15,16,19)/t9-/m1/s1. The number of hydrogen-bond acceptors (Lipinski definition) is 4. The van der Waals surface area contributed by atoms with Crippen molar-refractivity contribution in [3.05, 3.63) is 23.8 Å². The predicted octanol–water partition coefficient (Wildman–Crippen LogP) is 0.693. The Balaban J connectivity index is 1.99. The van der Waals surface area contributed by atoms with E-state index in [0.29, 0.717) is 24.7 Å². The van der Waals surface area contributed by atoms with Gasteiger partial charge in [-0.25, -0.2) is 4.79 Å². The summed E-state index contributed by atoms with van der Waals surface area (Å²) in [6, 6.07) is 4.62. The Morgan fingerprint density at radius 2 is 2.00 bits per heavy atom. The Bertz CT molecular complexity index is 533. The number of carbonyl (C=O) groups excluding carboxylic acids is 2. The van der Waals surface area contributed by atoms with Crippen molar-refractivity contribution in [1.82, 2.24) is 10.6 Å². The van der Waals surface area contributed by atoms with E-state index in [2.05, 4.69) is 10.6 Å². The maximum atomic E-state index is 11.6. The molecule has 1 heterocycles. The molecule has 0 aliphatic carbocycles. The average Bonchev–Trinajstić information content (AvgIpc) is 2.69. The lowest BCUT2D eigenvalue weighted by Gasteiger charge is -2.16. The highest BCUT2D eigenvalue weighted by molar-refractivity contribution is 5.83. The molecule has 4 N–H and O–H groups in total. The van der Waals surface area contributed by atoms with Gasteiger partial charge in [-0.15, -0.1) is 0 Å². The van der Waals surface area contributed by atoms with Crippen LogP contribution in [0.1, 0.15) is 24.9 Å². The highest BCUT2D eigenvalue weighted by Crippen LogP contribution is 2.32. The lowest BCUT2D eigenvalue weighted by Crippen LogP contribution is -2.40. The number of primary amides is 1. The molecule has 7 heteroatoms. The summed E-state index contributed by atoms with van der Waals surface area (Å²) in [5.41, 5.74) is 5.81. The number of nitrogens with one attached hydrogen (secondary N) is 2. The maximum absolute atomic E-state index is 11.6. The molecule has 1 aliphatic rings.